The standard InChI is InChI=1S/C13H16ClFN2S/c1-3-13(4-2)8-18-12(17-13)16-11-9(14)6-5-7-10(11)15/h5-7H,3-4,8H2,1-2H3,(H,16,17). The molecule has 0 amide bonds. The van der Waals surface area contributed by atoms with E-state index in [1.807, 2.05) is 0 Å². The van der Waals surface area contributed by atoms with E-state index in [9.17, 15) is 4.39 Å². The van der Waals surface area contributed by atoms with Gasteiger partial charge in [0.1, 0.15) is 5.82 Å². The number of rotatable bonds is 3. The Morgan fingerprint density at radius 1 is 1.44 bits per heavy atom. The van der Waals surface area contributed by atoms with Crippen LogP contribution in [0.15, 0.2) is 23.2 Å². The summed E-state index contributed by atoms with van der Waals surface area (Å²) in [4.78, 5) is 4.68. The minimum atomic E-state index is -0.351. The molecule has 2 rings (SSSR count). The van der Waals surface area contributed by atoms with Crippen molar-refractivity contribution in [2.75, 3.05) is 11.1 Å². The Kier molecular flexibility index (Phi) is 4.17. The second-order valence-corrected chi connectivity index (χ2v) is 5.73. The van der Waals surface area contributed by atoms with E-state index in [2.05, 4.69) is 24.2 Å². The summed E-state index contributed by atoms with van der Waals surface area (Å²) >= 11 is 7.60. The molecule has 2 nitrogen and oxygen atoms in total. The molecule has 0 atom stereocenters. The van der Waals surface area contributed by atoms with Crippen LogP contribution in [0.1, 0.15) is 26.7 Å². The molecule has 1 aromatic rings. The quantitative estimate of drug-likeness (QED) is 0.881. The second kappa shape index (κ2) is 5.49. The molecule has 1 N–H and O–H groups in total. The SMILES string of the molecule is CCC1(CC)CSC(Nc2c(F)cccc2Cl)=N1. The van der Waals surface area contributed by atoms with Gasteiger partial charge in [-0.25, -0.2) is 4.39 Å². The first-order valence-electron chi connectivity index (χ1n) is 6.04. The van der Waals surface area contributed by atoms with E-state index in [1.165, 1.54) is 6.07 Å². The van der Waals surface area contributed by atoms with Crippen LogP contribution < -0.4 is 5.32 Å². The molecular formula is C13H16ClFN2S. The summed E-state index contributed by atoms with van der Waals surface area (Å²) < 4.78 is 13.6. The molecule has 1 heterocycles. The van der Waals surface area contributed by atoms with Gasteiger partial charge in [0.05, 0.1) is 16.2 Å². The minimum Gasteiger partial charge on any atom is -0.331 e. The zero-order valence-electron chi connectivity index (χ0n) is 10.5. The lowest BCUT2D eigenvalue weighted by atomic mass is 9.97. The summed E-state index contributed by atoms with van der Waals surface area (Å²) in [5, 5.41) is 4.14. The van der Waals surface area contributed by atoms with Crippen LogP contribution in [-0.2, 0) is 0 Å². The summed E-state index contributed by atoms with van der Waals surface area (Å²) in [7, 11) is 0. The van der Waals surface area contributed by atoms with Crippen LogP contribution in [0, 0.1) is 5.82 Å². The minimum absolute atomic E-state index is 0.00919. The van der Waals surface area contributed by atoms with Crippen LogP contribution in [-0.4, -0.2) is 16.5 Å². The second-order valence-electron chi connectivity index (χ2n) is 4.36. The van der Waals surface area contributed by atoms with Crippen LogP contribution in [0.5, 0.6) is 0 Å². The molecule has 98 valence electrons. The van der Waals surface area contributed by atoms with Gasteiger partial charge in [-0.2, -0.15) is 0 Å². The molecule has 0 saturated carbocycles. The monoisotopic (exact) mass is 286 g/mol. The number of amidine groups is 1. The Balaban J connectivity index is 2.21. The molecule has 0 bridgehead atoms. The lowest BCUT2D eigenvalue weighted by molar-refractivity contribution is 0.456. The van der Waals surface area contributed by atoms with Gasteiger partial charge >= 0.3 is 0 Å². The van der Waals surface area contributed by atoms with Crippen molar-refractivity contribution >= 4 is 34.2 Å². The highest BCUT2D eigenvalue weighted by Crippen LogP contribution is 2.35. The molecule has 0 unspecified atom stereocenters. The van der Waals surface area contributed by atoms with Gasteiger partial charge in [0.25, 0.3) is 0 Å². The molecule has 0 spiro atoms. The number of para-hydroxylation sites is 1. The zero-order valence-corrected chi connectivity index (χ0v) is 12.0. The zero-order chi connectivity index (χ0) is 13.2. The molecule has 1 aliphatic heterocycles. The first kappa shape index (κ1) is 13.7. The maximum Gasteiger partial charge on any atom is 0.161 e. The number of anilines is 1. The fourth-order valence-corrected chi connectivity index (χ4v) is 3.40. The maximum atomic E-state index is 13.6. The number of aliphatic imine (C=N–C) groups is 1. The van der Waals surface area contributed by atoms with Gasteiger partial charge < -0.3 is 5.32 Å². The van der Waals surface area contributed by atoms with Gasteiger partial charge in [-0.15, -0.1) is 0 Å². The molecule has 1 aliphatic rings. The van der Waals surface area contributed by atoms with E-state index in [1.54, 1.807) is 23.9 Å². The van der Waals surface area contributed by atoms with E-state index in [-0.39, 0.29) is 11.4 Å². The van der Waals surface area contributed by atoms with Gasteiger partial charge in [0.2, 0.25) is 0 Å². The maximum absolute atomic E-state index is 13.6. The van der Waals surface area contributed by atoms with E-state index in [4.69, 9.17) is 11.6 Å². The largest absolute Gasteiger partial charge is 0.331 e. The van der Waals surface area contributed by atoms with Gasteiger partial charge in [0, 0.05) is 5.75 Å². The van der Waals surface area contributed by atoms with Gasteiger partial charge in [-0.05, 0) is 25.0 Å². The summed E-state index contributed by atoms with van der Waals surface area (Å²) in [5.74, 6) is 0.588. The van der Waals surface area contributed by atoms with Gasteiger partial charge in [-0.3, -0.25) is 4.99 Å². The fourth-order valence-electron chi connectivity index (χ4n) is 1.88. The molecule has 0 aromatic heterocycles. The number of nitrogens with one attached hydrogen (secondary N) is 1. The van der Waals surface area contributed by atoms with E-state index in [0.29, 0.717) is 10.7 Å². The molecule has 0 aliphatic carbocycles. The van der Waals surface area contributed by atoms with E-state index >= 15 is 0 Å². The Labute approximate surface area is 116 Å². The molecule has 5 heteroatoms. The number of thioether (sulfide) groups is 1. The number of hydrogen-bond donors (Lipinski definition) is 1. The highest BCUT2D eigenvalue weighted by molar-refractivity contribution is 8.14. The number of benzene rings is 1. The molecule has 0 saturated heterocycles. The van der Waals surface area contributed by atoms with Gasteiger partial charge in [0.15, 0.2) is 5.17 Å². The first-order chi connectivity index (χ1) is 8.60. The fraction of sp³-hybridized carbons (Fsp3) is 0.462. The third-order valence-corrected chi connectivity index (χ3v) is 4.79. The van der Waals surface area contributed by atoms with E-state index < -0.39 is 0 Å². The summed E-state index contributed by atoms with van der Waals surface area (Å²) in [6.07, 6.45) is 1.99. The number of halogens is 2. The van der Waals surface area contributed by atoms with E-state index in [0.717, 1.165) is 23.8 Å². The van der Waals surface area contributed by atoms with Crippen molar-refractivity contribution in [2.24, 2.45) is 4.99 Å². The third kappa shape index (κ3) is 2.64. The smallest absolute Gasteiger partial charge is 0.161 e. The Morgan fingerprint density at radius 3 is 2.72 bits per heavy atom. The summed E-state index contributed by atoms with van der Waals surface area (Å²) in [6, 6.07) is 4.65. The van der Waals surface area contributed by atoms with Crippen LogP contribution in [0.2, 0.25) is 5.02 Å². The predicted molar refractivity (Wildman–Crippen MR) is 78.2 cm³/mol. The highest BCUT2D eigenvalue weighted by Gasteiger charge is 2.32. The van der Waals surface area contributed by atoms with Gasteiger partial charge in [-0.1, -0.05) is 43.3 Å². The molecule has 18 heavy (non-hydrogen) atoms. The van der Waals surface area contributed by atoms with Crippen molar-refractivity contribution in [3.05, 3.63) is 29.0 Å². The van der Waals surface area contributed by atoms with Crippen molar-refractivity contribution in [2.45, 2.75) is 32.2 Å². The summed E-state index contributed by atoms with van der Waals surface area (Å²) in [6.45, 7) is 4.26. The van der Waals surface area contributed by atoms with Crippen LogP contribution in [0.4, 0.5) is 10.1 Å². The van der Waals surface area contributed by atoms with Crippen molar-refractivity contribution in [1.82, 2.24) is 0 Å². The normalized spacial score (nSPS) is 17.7. The van der Waals surface area contributed by atoms with Crippen molar-refractivity contribution in [1.29, 1.82) is 0 Å². The first-order valence-corrected chi connectivity index (χ1v) is 7.40. The van der Waals surface area contributed by atoms with Crippen molar-refractivity contribution in [3.63, 3.8) is 0 Å². The molecular weight excluding hydrogens is 271 g/mol. The molecule has 0 fully saturated rings. The van der Waals surface area contributed by atoms with Crippen molar-refractivity contribution in [3.8, 4) is 0 Å². The topological polar surface area (TPSA) is 24.4 Å². The van der Waals surface area contributed by atoms with Crippen molar-refractivity contribution < 1.29 is 4.39 Å². The number of nitrogens with zero attached hydrogens (tertiary/aromatic N) is 1. The predicted octanol–water partition coefficient (Wildman–Crippen LogP) is 4.55. The Morgan fingerprint density at radius 2 is 2.17 bits per heavy atom. The summed E-state index contributed by atoms with van der Waals surface area (Å²) in [5.41, 5.74) is 0.304. The highest BCUT2D eigenvalue weighted by atomic mass is 35.5. The Bertz CT molecular complexity index is 452. The average molecular weight is 287 g/mol. The lowest BCUT2D eigenvalue weighted by Crippen LogP contribution is -2.24. The van der Waals surface area contributed by atoms with Crippen LogP contribution in [0.3, 0.4) is 0 Å². The Hall–Kier alpha value is -0.740. The lowest BCUT2D eigenvalue weighted by Gasteiger charge is -2.20. The van der Waals surface area contributed by atoms with Crippen LogP contribution >= 0.6 is 23.4 Å². The number of hydrogen-bond acceptors (Lipinski definition) is 3. The van der Waals surface area contributed by atoms with Crippen LogP contribution in [0.25, 0.3) is 0 Å². The molecule has 0 radical (unpaired) electrons. The average Bonchev–Trinajstić information content (AvgIpc) is 2.78. The molecule has 1 aromatic carbocycles. The third-order valence-electron chi connectivity index (χ3n) is 3.33.